The number of isocyanates is 1. The third-order valence-corrected chi connectivity index (χ3v) is 3.64. The maximum atomic E-state index is 11.8. The van der Waals surface area contributed by atoms with E-state index in [1.807, 2.05) is 25.1 Å². The summed E-state index contributed by atoms with van der Waals surface area (Å²) in [6.07, 6.45) is 1.50. The quantitative estimate of drug-likeness (QED) is 0.483. The Labute approximate surface area is 108 Å². The van der Waals surface area contributed by atoms with Gasteiger partial charge in [-0.05, 0) is 25.5 Å². The Morgan fingerprint density at radius 1 is 1.50 bits per heavy atom. The highest BCUT2D eigenvalue weighted by molar-refractivity contribution is 7.21. The SMILES string of the molecule is CCOC(=O)c1sc2cccc(C)c2c1N=C=O. The van der Waals surface area contributed by atoms with E-state index >= 15 is 0 Å². The van der Waals surface area contributed by atoms with Crippen molar-refractivity contribution in [2.75, 3.05) is 6.61 Å². The van der Waals surface area contributed by atoms with E-state index in [0.717, 1.165) is 15.6 Å². The number of ether oxygens (including phenoxy) is 1. The lowest BCUT2D eigenvalue weighted by atomic mass is 10.1. The second-order valence-corrected chi connectivity index (χ2v) is 4.70. The number of thiophene rings is 1. The Morgan fingerprint density at radius 3 is 2.94 bits per heavy atom. The van der Waals surface area contributed by atoms with E-state index in [0.29, 0.717) is 10.6 Å². The second-order valence-electron chi connectivity index (χ2n) is 3.65. The minimum atomic E-state index is -0.452. The standard InChI is InChI=1S/C13H11NO3S/c1-3-17-13(16)12-11(14-7-15)10-8(2)5-4-6-9(10)18-12/h4-6H,3H2,1-2H3. The van der Waals surface area contributed by atoms with Gasteiger partial charge in [-0.3, -0.25) is 0 Å². The fraction of sp³-hybridized carbons (Fsp3) is 0.231. The van der Waals surface area contributed by atoms with Gasteiger partial charge in [-0.1, -0.05) is 12.1 Å². The fourth-order valence-electron chi connectivity index (χ4n) is 1.79. The molecule has 4 nitrogen and oxygen atoms in total. The first-order valence-corrected chi connectivity index (χ1v) is 6.27. The molecule has 0 aliphatic rings. The molecule has 0 saturated heterocycles. The Morgan fingerprint density at radius 2 is 2.28 bits per heavy atom. The largest absolute Gasteiger partial charge is 0.462 e. The third kappa shape index (κ3) is 2.06. The van der Waals surface area contributed by atoms with Crippen molar-refractivity contribution < 1.29 is 14.3 Å². The summed E-state index contributed by atoms with van der Waals surface area (Å²) in [5, 5.41) is 0.814. The molecule has 1 heterocycles. The lowest BCUT2D eigenvalue weighted by molar-refractivity contribution is 0.0533. The Hall–Kier alpha value is -1.97. The lowest BCUT2D eigenvalue weighted by Crippen LogP contribution is -2.02. The van der Waals surface area contributed by atoms with Crippen LogP contribution in [0.4, 0.5) is 5.69 Å². The number of hydrogen-bond donors (Lipinski definition) is 0. The predicted octanol–water partition coefficient (Wildman–Crippen LogP) is 3.35. The average molecular weight is 261 g/mol. The zero-order valence-electron chi connectivity index (χ0n) is 10.0. The molecule has 0 fully saturated rings. The first-order chi connectivity index (χ1) is 8.69. The van der Waals surface area contributed by atoms with Crippen molar-refractivity contribution in [1.82, 2.24) is 0 Å². The van der Waals surface area contributed by atoms with Crippen molar-refractivity contribution >= 4 is 39.2 Å². The number of esters is 1. The molecular weight excluding hydrogens is 250 g/mol. The number of benzene rings is 1. The van der Waals surface area contributed by atoms with Gasteiger partial charge in [-0.15, -0.1) is 11.3 Å². The normalized spacial score (nSPS) is 10.1. The number of rotatable bonds is 3. The predicted molar refractivity (Wildman–Crippen MR) is 70.3 cm³/mol. The second kappa shape index (κ2) is 5.12. The van der Waals surface area contributed by atoms with Gasteiger partial charge in [0, 0.05) is 10.1 Å². The number of nitrogens with zero attached hydrogens (tertiary/aromatic N) is 1. The summed E-state index contributed by atoms with van der Waals surface area (Å²) >= 11 is 1.28. The van der Waals surface area contributed by atoms with Gasteiger partial charge in [0.25, 0.3) is 0 Å². The molecule has 0 saturated carbocycles. The molecule has 2 rings (SSSR count). The van der Waals surface area contributed by atoms with E-state index in [2.05, 4.69) is 4.99 Å². The highest BCUT2D eigenvalue weighted by Gasteiger charge is 2.20. The molecule has 2 aromatic rings. The van der Waals surface area contributed by atoms with Crippen molar-refractivity contribution in [1.29, 1.82) is 0 Å². The maximum absolute atomic E-state index is 11.8. The summed E-state index contributed by atoms with van der Waals surface area (Å²) in [7, 11) is 0. The van der Waals surface area contributed by atoms with Crippen LogP contribution in [0.3, 0.4) is 0 Å². The van der Waals surface area contributed by atoms with Crippen LogP contribution in [-0.2, 0) is 9.53 Å². The summed E-state index contributed by atoms with van der Waals surface area (Å²) in [6.45, 7) is 3.93. The highest BCUT2D eigenvalue weighted by atomic mass is 32.1. The maximum Gasteiger partial charge on any atom is 0.350 e. The van der Waals surface area contributed by atoms with Gasteiger partial charge < -0.3 is 4.74 Å². The Kier molecular flexibility index (Phi) is 3.55. The minimum absolute atomic E-state index is 0.288. The molecule has 0 aliphatic heterocycles. The van der Waals surface area contributed by atoms with Gasteiger partial charge in [-0.2, -0.15) is 4.99 Å². The van der Waals surface area contributed by atoms with Crippen molar-refractivity contribution in [3.8, 4) is 0 Å². The molecule has 0 aliphatic carbocycles. The van der Waals surface area contributed by atoms with E-state index in [1.165, 1.54) is 17.4 Å². The van der Waals surface area contributed by atoms with Crippen molar-refractivity contribution in [2.24, 2.45) is 4.99 Å². The van der Waals surface area contributed by atoms with Crippen LogP contribution in [-0.4, -0.2) is 18.7 Å². The molecule has 0 radical (unpaired) electrons. The van der Waals surface area contributed by atoms with Gasteiger partial charge in [0.05, 0.1) is 6.61 Å². The van der Waals surface area contributed by atoms with Crippen LogP contribution in [0.5, 0.6) is 0 Å². The van der Waals surface area contributed by atoms with Gasteiger partial charge in [-0.25, -0.2) is 9.59 Å². The van der Waals surface area contributed by atoms with Crippen LogP contribution in [0, 0.1) is 6.92 Å². The summed E-state index contributed by atoms with van der Waals surface area (Å²) < 4.78 is 5.88. The number of hydrogen-bond acceptors (Lipinski definition) is 5. The number of aliphatic imine (C=N–C) groups is 1. The van der Waals surface area contributed by atoms with E-state index < -0.39 is 5.97 Å². The van der Waals surface area contributed by atoms with Crippen LogP contribution < -0.4 is 0 Å². The summed E-state index contributed by atoms with van der Waals surface area (Å²) in [5.41, 5.74) is 1.33. The topological polar surface area (TPSA) is 55.7 Å². The minimum Gasteiger partial charge on any atom is -0.462 e. The molecule has 0 atom stereocenters. The third-order valence-electron chi connectivity index (χ3n) is 2.52. The number of aryl methyl sites for hydroxylation is 1. The summed E-state index contributed by atoms with van der Waals surface area (Å²) in [6, 6.07) is 5.70. The zero-order chi connectivity index (χ0) is 13.1. The van der Waals surface area contributed by atoms with Gasteiger partial charge in [0.2, 0.25) is 6.08 Å². The van der Waals surface area contributed by atoms with E-state index in [-0.39, 0.29) is 6.61 Å². The molecule has 1 aromatic carbocycles. The molecule has 0 amide bonds. The lowest BCUT2D eigenvalue weighted by Gasteiger charge is -1.99. The van der Waals surface area contributed by atoms with Gasteiger partial charge >= 0.3 is 5.97 Å². The van der Waals surface area contributed by atoms with Crippen LogP contribution >= 0.6 is 11.3 Å². The number of carbonyl (C=O) groups is 1. The number of carbonyl (C=O) groups excluding carboxylic acids is 2. The van der Waals surface area contributed by atoms with Crippen LogP contribution in [0.2, 0.25) is 0 Å². The first-order valence-electron chi connectivity index (χ1n) is 5.46. The first kappa shape index (κ1) is 12.5. The van der Waals surface area contributed by atoms with E-state index in [4.69, 9.17) is 4.74 Å². The van der Waals surface area contributed by atoms with Crippen LogP contribution in [0.15, 0.2) is 23.2 Å². The summed E-state index contributed by atoms with van der Waals surface area (Å²) in [5.74, 6) is -0.452. The molecule has 92 valence electrons. The van der Waals surface area contributed by atoms with Gasteiger partial charge in [0.1, 0.15) is 10.6 Å². The molecule has 0 N–H and O–H groups in total. The van der Waals surface area contributed by atoms with E-state index in [1.54, 1.807) is 6.92 Å². The van der Waals surface area contributed by atoms with E-state index in [9.17, 15) is 9.59 Å². The molecule has 0 unspecified atom stereocenters. The highest BCUT2D eigenvalue weighted by Crippen LogP contribution is 2.39. The Balaban J connectivity index is 2.73. The summed E-state index contributed by atoms with van der Waals surface area (Å²) in [4.78, 5) is 26.4. The average Bonchev–Trinajstić information content (AvgIpc) is 2.70. The van der Waals surface area contributed by atoms with Crippen molar-refractivity contribution in [3.63, 3.8) is 0 Å². The van der Waals surface area contributed by atoms with Crippen LogP contribution in [0.1, 0.15) is 22.2 Å². The zero-order valence-corrected chi connectivity index (χ0v) is 10.8. The number of fused-ring (bicyclic) bond motifs is 1. The van der Waals surface area contributed by atoms with Crippen molar-refractivity contribution in [3.05, 3.63) is 28.6 Å². The smallest absolute Gasteiger partial charge is 0.350 e. The molecule has 1 aromatic heterocycles. The molecular formula is C13H11NO3S. The molecule has 0 spiro atoms. The van der Waals surface area contributed by atoms with Crippen LogP contribution in [0.25, 0.3) is 10.1 Å². The monoisotopic (exact) mass is 261 g/mol. The van der Waals surface area contributed by atoms with Gasteiger partial charge in [0.15, 0.2) is 0 Å². The Bertz CT molecular complexity index is 654. The fourth-order valence-corrected chi connectivity index (χ4v) is 2.90. The molecule has 18 heavy (non-hydrogen) atoms. The molecule has 5 heteroatoms. The van der Waals surface area contributed by atoms with Crippen molar-refractivity contribution in [2.45, 2.75) is 13.8 Å². The molecule has 0 bridgehead atoms.